The minimum Gasteiger partial charge on any atom is -0.453 e. The Bertz CT molecular complexity index is 327. The van der Waals surface area contributed by atoms with Gasteiger partial charge in [-0.05, 0) is 34.8 Å². The largest absolute Gasteiger partial charge is 0.453 e. The van der Waals surface area contributed by atoms with E-state index in [0.29, 0.717) is 5.41 Å². The zero-order chi connectivity index (χ0) is 8.18. The zero-order valence-corrected chi connectivity index (χ0v) is 8.28. The molecule has 0 bridgehead atoms. The van der Waals surface area contributed by atoms with Crippen LogP contribution in [-0.2, 0) is 12.0 Å². The predicted molar refractivity (Wildman–Crippen MR) is 49.0 cm³/mol. The minimum absolute atomic E-state index is 0.375. The Kier molecular flexibility index (Phi) is 1.28. The van der Waals surface area contributed by atoms with Gasteiger partial charge in [0.1, 0.15) is 5.76 Å². The van der Waals surface area contributed by atoms with Crippen molar-refractivity contribution >= 4 is 15.9 Å². The van der Waals surface area contributed by atoms with E-state index in [9.17, 15) is 0 Å². The van der Waals surface area contributed by atoms with Crippen molar-refractivity contribution in [3.05, 3.63) is 22.1 Å². The molecule has 1 aliphatic heterocycles. The highest BCUT2D eigenvalue weighted by Crippen LogP contribution is 2.51. The van der Waals surface area contributed by atoms with Crippen LogP contribution < -0.4 is 5.32 Å². The molecule has 3 heteroatoms. The quantitative estimate of drug-likeness (QED) is 0.736. The molecule has 1 aromatic heterocycles. The summed E-state index contributed by atoms with van der Waals surface area (Å²) in [6.07, 6.45) is 2.57. The van der Waals surface area contributed by atoms with E-state index in [4.69, 9.17) is 4.42 Å². The fourth-order valence-electron chi connectivity index (χ4n) is 2.05. The van der Waals surface area contributed by atoms with Crippen LogP contribution in [0.3, 0.4) is 0 Å². The maximum absolute atomic E-state index is 5.66. The molecule has 1 saturated carbocycles. The van der Waals surface area contributed by atoms with Gasteiger partial charge in [-0.3, -0.25) is 0 Å². The highest BCUT2D eigenvalue weighted by atomic mass is 79.9. The molecular formula is C9H10BrNO. The van der Waals surface area contributed by atoms with E-state index in [2.05, 4.69) is 27.3 Å². The van der Waals surface area contributed by atoms with Gasteiger partial charge in [0, 0.05) is 24.1 Å². The second kappa shape index (κ2) is 2.15. The second-order valence-corrected chi connectivity index (χ2v) is 4.57. The Morgan fingerprint density at radius 3 is 3.08 bits per heavy atom. The van der Waals surface area contributed by atoms with Gasteiger partial charge in [0.25, 0.3) is 0 Å². The lowest BCUT2D eigenvalue weighted by Crippen LogP contribution is -2.32. The van der Waals surface area contributed by atoms with Gasteiger partial charge in [0.2, 0.25) is 0 Å². The molecule has 1 N–H and O–H groups in total. The SMILES string of the molecule is Brc1cc2c(o1)C1(CC1)CNC2. The van der Waals surface area contributed by atoms with Gasteiger partial charge in [-0.25, -0.2) is 0 Å². The predicted octanol–water partition coefficient (Wildman–Crippen LogP) is 2.18. The van der Waals surface area contributed by atoms with E-state index in [1.54, 1.807) is 0 Å². The smallest absolute Gasteiger partial charge is 0.169 e. The summed E-state index contributed by atoms with van der Waals surface area (Å²) in [7, 11) is 0. The van der Waals surface area contributed by atoms with E-state index in [0.717, 1.165) is 17.8 Å². The van der Waals surface area contributed by atoms with Crippen molar-refractivity contribution in [3.8, 4) is 0 Å². The summed E-state index contributed by atoms with van der Waals surface area (Å²) in [6, 6.07) is 2.08. The Morgan fingerprint density at radius 1 is 1.50 bits per heavy atom. The number of rotatable bonds is 0. The highest BCUT2D eigenvalue weighted by molar-refractivity contribution is 9.10. The summed E-state index contributed by atoms with van der Waals surface area (Å²) in [4.78, 5) is 0. The van der Waals surface area contributed by atoms with E-state index >= 15 is 0 Å². The first-order chi connectivity index (χ1) is 5.80. The van der Waals surface area contributed by atoms with Crippen LogP contribution in [0.2, 0.25) is 0 Å². The number of hydrogen-bond acceptors (Lipinski definition) is 2. The summed E-state index contributed by atoms with van der Waals surface area (Å²) in [5.41, 5.74) is 1.71. The van der Waals surface area contributed by atoms with E-state index in [1.165, 1.54) is 24.2 Å². The lowest BCUT2D eigenvalue weighted by molar-refractivity contribution is 0.394. The molecule has 1 spiro atoms. The molecule has 1 aliphatic carbocycles. The molecule has 0 amide bonds. The van der Waals surface area contributed by atoms with Crippen LogP contribution in [0.5, 0.6) is 0 Å². The van der Waals surface area contributed by atoms with Crippen LogP contribution in [0.25, 0.3) is 0 Å². The molecule has 2 nitrogen and oxygen atoms in total. The third kappa shape index (κ3) is 0.837. The Hall–Kier alpha value is -0.280. The molecule has 2 heterocycles. The fraction of sp³-hybridized carbons (Fsp3) is 0.556. The Balaban J connectivity index is 2.15. The lowest BCUT2D eigenvalue weighted by Gasteiger charge is -2.20. The Labute approximate surface area is 79.5 Å². The number of nitrogens with one attached hydrogen (secondary N) is 1. The minimum atomic E-state index is 0.375. The topological polar surface area (TPSA) is 25.2 Å². The van der Waals surface area contributed by atoms with Crippen molar-refractivity contribution in [3.63, 3.8) is 0 Å². The first kappa shape index (κ1) is 7.15. The molecule has 0 saturated heterocycles. The third-order valence-corrected chi connectivity index (χ3v) is 3.28. The molecule has 3 rings (SSSR count). The molecule has 12 heavy (non-hydrogen) atoms. The van der Waals surface area contributed by atoms with Crippen molar-refractivity contribution in [2.24, 2.45) is 0 Å². The van der Waals surface area contributed by atoms with Crippen LogP contribution in [0, 0.1) is 0 Å². The van der Waals surface area contributed by atoms with Crippen LogP contribution >= 0.6 is 15.9 Å². The molecule has 64 valence electrons. The molecule has 1 aromatic rings. The first-order valence-electron chi connectivity index (χ1n) is 4.30. The molecular weight excluding hydrogens is 218 g/mol. The summed E-state index contributed by atoms with van der Waals surface area (Å²) < 4.78 is 6.54. The third-order valence-electron chi connectivity index (χ3n) is 2.89. The van der Waals surface area contributed by atoms with Crippen molar-refractivity contribution in [2.45, 2.75) is 24.8 Å². The van der Waals surface area contributed by atoms with Crippen molar-refractivity contribution in [1.29, 1.82) is 0 Å². The van der Waals surface area contributed by atoms with Gasteiger partial charge in [-0.15, -0.1) is 0 Å². The number of fused-ring (bicyclic) bond motifs is 2. The molecule has 0 atom stereocenters. The number of hydrogen-bond donors (Lipinski definition) is 1. The Morgan fingerprint density at radius 2 is 2.33 bits per heavy atom. The second-order valence-electron chi connectivity index (χ2n) is 3.79. The summed E-state index contributed by atoms with van der Waals surface area (Å²) in [5.74, 6) is 1.23. The number of furan rings is 1. The average molecular weight is 228 g/mol. The lowest BCUT2D eigenvalue weighted by atomic mass is 9.96. The van der Waals surface area contributed by atoms with Crippen molar-refractivity contribution in [2.75, 3.05) is 6.54 Å². The molecule has 0 radical (unpaired) electrons. The first-order valence-corrected chi connectivity index (χ1v) is 5.09. The molecule has 2 aliphatic rings. The van der Waals surface area contributed by atoms with Crippen molar-refractivity contribution < 1.29 is 4.42 Å². The maximum atomic E-state index is 5.66. The standard InChI is InChI=1S/C9H10BrNO/c10-7-3-6-4-11-5-9(1-2-9)8(6)12-7/h3,11H,1-2,4-5H2. The highest BCUT2D eigenvalue weighted by Gasteiger charge is 2.49. The van der Waals surface area contributed by atoms with Gasteiger partial charge in [0.05, 0.1) is 0 Å². The van der Waals surface area contributed by atoms with E-state index in [1.807, 2.05) is 0 Å². The van der Waals surface area contributed by atoms with Crippen LogP contribution in [-0.4, -0.2) is 6.54 Å². The summed E-state index contributed by atoms with van der Waals surface area (Å²) in [6.45, 7) is 2.06. The molecule has 0 aromatic carbocycles. The maximum Gasteiger partial charge on any atom is 0.169 e. The zero-order valence-electron chi connectivity index (χ0n) is 6.69. The van der Waals surface area contributed by atoms with Gasteiger partial charge in [-0.2, -0.15) is 0 Å². The van der Waals surface area contributed by atoms with Crippen LogP contribution in [0.1, 0.15) is 24.2 Å². The van der Waals surface area contributed by atoms with Gasteiger partial charge in [-0.1, -0.05) is 0 Å². The summed E-state index contributed by atoms with van der Waals surface area (Å²) in [5, 5.41) is 3.43. The van der Waals surface area contributed by atoms with Gasteiger partial charge < -0.3 is 9.73 Å². The average Bonchev–Trinajstić information content (AvgIpc) is 2.68. The molecule has 0 unspecified atom stereocenters. The molecule has 1 fully saturated rings. The van der Waals surface area contributed by atoms with Gasteiger partial charge in [0.15, 0.2) is 4.67 Å². The summed E-state index contributed by atoms with van der Waals surface area (Å²) >= 11 is 3.38. The van der Waals surface area contributed by atoms with E-state index < -0.39 is 0 Å². The van der Waals surface area contributed by atoms with Crippen molar-refractivity contribution in [1.82, 2.24) is 5.32 Å². The normalized spacial score (nSPS) is 24.1. The van der Waals surface area contributed by atoms with Gasteiger partial charge >= 0.3 is 0 Å². The monoisotopic (exact) mass is 227 g/mol. The number of halogens is 1. The van der Waals surface area contributed by atoms with E-state index in [-0.39, 0.29) is 0 Å². The van der Waals surface area contributed by atoms with Crippen LogP contribution in [0.15, 0.2) is 15.2 Å². The fourth-order valence-corrected chi connectivity index (χ4v) is 2.48. The van der Waals surface area contributed by atoms with Crippen LogP contribution in [0.4, 0.5) is 0 Å².